The van der Waals surface area contributed by atoms with Crippen molar-refractivity contribution in [3.8, 4) is 0 Å². The molecule has 0 bridgehead atoms. The van der Waals surface area contributed by atoms with Crippen LogP contribution in [0.25, 0.3) is 0 Å². The lowest BCUT2D eigenvalue weighted by Crippen LogP contribution is -2.33. The van der Waals surface area contributed by atoms with Gasteiger partial charge in [-0.1, -0.05) is 18.2 Å². The predicted octanol–water partition coefficient (Wildman–Crippen LogP) is 2.11. The molecule has 4 heteroatoms. The summed E-state index contributed by atoms with van der Waals surface area (Å²) in [6.07, 6.45) is 0.273. The molecule has 98 valence electrons. The Bertz CT molecular complexity index is 434. The van der Waals surface area contributed by atoms with Crippen LogP contribution in [0, 0.1) is 0 Å². The van der Waals surface area contributed by atoms with E-state index in [0.29, 0.717) is 13.0 Å². The van der Waals surface area contributed by atoms with Crippen molar-refractivity contribution >= 4 is 17.7 Å². The van der Waals surface area contributed by atoms with Gasteiger partial charge in [0.2, 0.25) is 5.91 Å². The molecule has 0 aromatic heterocycles. The zero-order chi connectivity index (χ0) is 13.1. The molecule has 1 aromatic rings. The quantitative estimate of drug-likeness (QED) is 0.906. The number of benzene rings is 1. The fourth-order valence-electron chi connectivity index (χ4n) is 2.12. The van der Waals surface area contributed by atoms with Crippen molar-refractivity contribution in [2.45, 2.75) is 30.3 Å². The number of aliphatic hydroxyl groups is 1. The SMILES string of the molecule is CC(O)CCN(C)C(=O)C1CSc2ccccc21. The number of hydrogen-bond donors (Lipinski definition) is 1. The highest BCUT2D eigenvalue weighted by Crippen LogP contribution is 2.39. The molecule has 0 saturated carbocycles. The molecule has 0 spiro atoms. The molecule has 1 amide bonds. The van der Waals surface area contributed by atoms with Crippen molar-refractivity contribution in [2.24, 2.45) is 0 Å². The van der Waals surface area contributed by atoms with Gasteiger partial charge in [-0.05, 0) is 25.0 Å². The average molecular weight is 265 g/mol. The highest BCUT2D eigenvalue weighted by molar-refractivity contribution is 7.99. The van der Waals surface area contributed by atoms with Gasteiger partial charge in [-0.2, -0.15) is 0 Å². The van der Waals surface area contributed by atoms with Crippen LogP contribution in [0.15, 0.2) is 29.2 Å². The average Bonchev–Trinajstić information content (AvgIpc) is 2.78. The van der Waals surface area contributed by atoms with E-state index in [1.807, 2.05) is 25.2 Å². The zero-order valence-electron chi connectivity index (χ0n) is 10.8. The lowest BCUT2D eigenvalue weighted by atomic mass is 10.00. The Kier molecular flexibility index (Phi) is 4.30. The van der Waals surface area contributed by atoms with Crippen LogP contribution in [0.1, 0.15) is 24.8 Å². The highest BCUT2D eigenvalue weighted by atomic mass is 32.2. The van der Waals surface area contributed by atoms with Gasteiger partial charge in [-0.25, -0.2) is 0 Å². The monoisotopic (exact) mass is 265 g/mol. The Labute approximate surface area is 112 Å². The van der Waals surface area contributed by atoms with Crippen molar-refractivity contribution in [3.63, 3.8) is 0 Å². The number of hydrogen-bond acceptors (Lipinski definition) is 3. The molecular weight excluding hydrogens is 246 g/mol. The molecule has 2 rings (SSSR count). The van der Waals surface area contributed by atoms with Crippen molar-refractivity contribution in [2.75, 3.05) is 19.3 Å². The predicted molar refractivity (Wildman–Crippen MR) is 73.8 cm³/mol. The second-order valence-electron chi connectivity index (χ2n) is 4.80. The van der Waals surface area contributed by atoms with Gasteiger partial charge in [0.1, 0.15) is 0 Å². The van der Waals surface area contributed by atoms with Crippen molar-refractivity contribution in [3.05, 3.63) is 29.8 Å². The van der Waals surface area contributed by atoms with Crippen LogP contribution in [-0.2, 0) is 4.79 Å². The number of likely N-dealkylation sites (N-methyl/N-ethyl adjacent to an activating group) is 1. The Morgan fingerprint density at radius 3 is 3.00 bits per heavy atom. The van der Waals surface area contributed by atoms with Gasteiger partial charge in [-0.3, -0.25) is 4.79 Å². The minimum absolute atomic E-state index is 0.0230. The number of carbonyl (C=O) groups excluding carboxylic acids is 1. The second kappa shape index (κ2) is 5.76. The summed E-state index contributed by atoms with van der Waals surface area (Å²) in [5, 5.41) is 9.26. The second-order valence-corrected chi connectivity index (χ2v) is 5.86. The fraction of sp³-hybridized carbons (Fsp3) is 0.500. The number of rotatable bonds is 4. The topological polar surface area (TPSA) is 40.5 Å². The van der Waals surface area contributed by atoms with Crippen LogP contribution in [0.3, 0.4) is 0 Å². The van der Waals surface area contributed by atoms with Crippen LogP contribution < -0.4 is 0 Å². The minimum atomic E-state index is -0.356. The van der Waals surface area contributed by atoms with Crippen molar-refractivity contribution < 1.29 is 9.90 Å². The normalized spacial score (nSPS) is 19.4. The van der Waals surface area contributed by atoms with Gasteiger partial charge in [0.25, 0.3) is 0 Å². The summed E-state index contributed by atoms with van der Waals surface area (Å²) in [4.78, 5) is 15.3. The van der Waals surface area contributed by atoms with Crippen LogP contribution >= 0.6 is 11.8 Å². The molecule has 0 saturated heterocycles. The van der Waals surface area contributed by atoms with E-state index in [1.165, 1.54) is 4.90 Å². The van der Waals surface area contributed by atoms with E-state index in [4.69, 9.17) is 0 Å². The summed E-state index contributed by atoms with van der Waals surface area (Å²) in [7, 11) is 1.82. The van der Waals surface area contributed by atoms with E-state index in [1.54, 1.807) is 23.6 Å². The van der Waals surface area contributed by atoms with E-state index in [-0.39, 0.29) is 17.9 Å². The number of fused-ring (bicyclic) bond motifs is 1. The molecule has 1 N–H and O–H groups in total. The van der Waals surface area contributed by atoms with Gasteiger partial charge in [0.15, 0.2) is 0 Å². The van der Waals surface area contributed by atoms with Gasteiger partial charge in [0.05, 0.1) is 12.0 Å². The Morgan fingerprint density at radius 2 is 2.28 bits per heavy atom. The molecule has 3 nitrogen and oxygen atoms in total. The Morgan fingerprint density at radius 1 is 1.56 bits per heavy atom. The number of amides is 1. The smallest absolute Gasteiger partial charge is 0.230 e. The van der Waals surface area contributed by atoms with E-state index < -0.39 is 0 Å². The molecular formula is C14H19NO2S. The van der Waals surface area contributed by atoms with Crippen molar-refractivity contribution in [1.29, 1.82) is 0 Å². The van der Waals surface area contributed by atoms with Gasteiger partial charge >= 0.3 is 0 Å². The molecule has 2 unspecified atom stereocenters. The lowest BCUT2D eigenvalue weighted by molar-refractivity contribution is -0.131. The molecule has 0 aliphatic carbocycles. The molecule has 0 fully saturated rings. The number of nitrogens with zero attached hydrogens (tertiary/aromatic N) is 1. The molecule has 18 heavy (non-hydrogen) atoms. The maximum atomic E-state index is 12.4. The first-order chi connectivity index (χ1) is 8.59. The maximum absolute atomic E-state index is 12.4. The molecule has 1 heterocycles. The number of aliphatic hydroxyl groups excluding tert-OH is 1. The first-order valence-electron chi connectivity index (χ1n) is 6.24. The number of carbonyl (C=O) groups is 1. The largest absolute Gasteiger partial charge is 0.393 e. The Hall–Kier alpha value is -1.00. The third-order valence-electron chi connectivity index (χ3n) is 3.26. The zero-order valence-corrected chi connectivity index (χ0v) is 11.6. The first kappa shape index (κ1) is 13.4. The lowest BCUT2D eigenvalue weighted by Gasteiger charge is -2.21. The summed E-state index contributed by atoms with van der Waals surface area (Å²) in [5.74, 6) is 0.968. The molecule has 1 aliphatic heterocycles. The van der Waals surface area contributed by atoms with Gasteiger partial charge in [0, 0.05) is 24.2 Å². The Balaban J connectivity index is 2.02. The minimum Gasteiger partial charge on any atom is -0.393 e. The van der Waals surface area contributed by atoms with Crippen LogP contribution in [-0.4, -0.2) is 41.4 Å². The van der Waals surface area contributed by atoms with E-state index >= 15 is 0 Å². The van der Waals surface area contributed by atoms with Gasteiger partial charge in [-0.15, -0.1) is 11.8 Å². The van der Waals surface area contributed by atoms with Crippen LogP contribution in [0.4, 0.5) is 0 Å². The standard InChI is InChI=1S/C14H19NO2S/c1-10(16)7-8-15(2)14(17)12-9-18-13-6-4-3-5-11(12)13/h3-6,10,12,16H,7-9H2,1-2H3. The fourth-order valence-corrected chi connectivity index (χ4v) is 3.34. The summed E-state index contributed by atoms with van der Waals surface area (Å²) < 4.78 is 0. The molecule has 2 atom stereocenters. The molecule has 0 radical (unpaired) electrons. The highest BCUT2D eigenvalue weighted by Gasteiger charge is 2.30. The van der Waals surface area contributed by atoms with Crippen LogP contribution in [0.5, 0.6) is 0 Å². The van der Waals surface area contributed by atoms with Gasteiger partial charge < -0.3 is 10.0 Å². The summed E-state index contributed by atoms with van der Waals surface area (Å²) in [5.41, 5.74) is 1.15. The summed E-state index contributed by atoms with van der Waals surface area (Å²) >= 11 is 1.75. The number of thioether (sulfide) groups is 1. The summed E-state index contributed by atoms with van der Waals surface area (Å²) in [6, 6.07) is 8.11. The third kappa shape index (κ3) is 2.87. The van der Waals surface area contributed by atoms with E-state index in [9.17, 15) is 9.90 Å². The summed E-state index contributed by atoms with van der Waals surface area (Å²) in [6.45, 7) is 2.36. The maximum Gasteiger partial charge on any atom is 0.230 e. The molecule has 1 aromatic carbocycles. The van der Waals surface area contributed by atoms with E-state index in [0.717, 1.165) is 11.3 Å². The van der Waals surface area contributed by atoms with E-state index in [2.05, 4.69) is 6.07 Å². The first-order valence-corrected chi connectivity index (χ1v) is 7.23. The molecule has 1 aliphatic rings. The van der Waals surface area contributed by atoms with Crippen LogP contribution in [0.2, 0.25) is 0 Å². The third-order valence-corrected chi connectivity index (χ3v) is 4.44. The van der Waals surface area contributed by atoms with Crippen molar-refractivity contribution in [1.82, 2.24) is 4.90 Å².